The van der Waals surface area contributed by atoms with Gasteiger partial charge in [0.25, 0.3) is 5.91 Å². The standard InChI is InChI=1S/C22H22FN3O5/c1-3-12-31-19(28)14-4-10-17(11-5-14)24-18(27)13-26-20(29)22(2,25-21(26)30)15-6-8-16(23)9-7-15/h4-11H,3,12-13H2,1-2H3,(H,24,27)(H,25,30). The molecule has 0 aliphatic carbocycles. The summed E-state index contributed by atoms with van der Waals surface area (Å²) in [6.45, 7) is 3.20. The highest BCUT2D eigenvalue weighted by Crippen LogP contribution is 2.28. The number of carbonyl (C=O) groups is 4. The van der Waals surface area contributed by atoms with Gasteiger partial charge < -0.3 is 15.4 Å². The van der Waals surface area contributed by atoms with Crippen molar-refractivity contribution >= 4 is 29.5 Å². The van der Waals surface area contributed by atoms with Crippen LogP contribution in [0.15, 0.2) is 48.5 Å². The molecule has 8 nitrogen and oxygen atoms in total. The summed E-state index contributed by atoms with van der Waals surface area (Å²) in [5, 5.41) is 5.13. The Morgan fingerprint density at radius 2 is 1.74 bits per heavy atom. The topological polar surface area (TPSA) is 105 Å². The molecule has 1 heterocycles. The monoisotopic (exact) mass is 427 g/mol. The smallest absolute Gasteiger partial charge is 0.338 e. The number of anilines is 1. The number of benzene rings is 2. The maximum absolute atomic E-state index is 13.2. The van der Waals surface area contributed by atoms with Crippen LogP contribution in [-0.4, -0.2) is 41.9 Å². The molecule has 1 unspecified atom stereocenters. The average molecular weight is 427 g/mol. The Labute approximate surface area is 178 Å². The van der Waals surface area contributed by atoms with Crippen LogP contribution in [0.4, 0.5) is 14.9 Å². The molecule has 0 radical (unpaired) electrons. The minimum absolute atomic E-state index is 0.320. The lowest BCUT2D eigenvalue weighted by Gasteiger charge is -2.22. The Balaban J connectivity index is 1.64. The summed E-state index contributed by atoms with van der Waals surface area (Å²) in [6.07, 6.45) is 0.711. The third-order valence-corrected chi connectivity index (χ3v) is 4.84. The molecule has 31 heavy (non-hydrogen) atoms. The largest absolute Gasteiger partial charge is 0.462 e. The van der Waals surface area contributed by atoms with Crippen LogP contribution in [0.5, 0.6) is 0 Å². The summed E-state index contributed by atoms with van der Waals surface area (Å²) in [5.74, 6) is -2.13. The number of carbonyl (C=O) groups excluding carboxylic acids is 4. The molecule has 1 saturated heterocycles. The molecule has 1 atom stereocenters. The van der Waals surface area contributed by atoms with Crippen LogP contribution in [0.3, 0.4) is 0 Å². The number of amides is 4. The molecule has 2 aromatic carbocycles. The van der Waals surface area contributed by atoms with Crippen LogP contribution in [-0.2, 0) is 19.9 Å². The predicted octanol–water partition coefficient (Wildman–Crippen LogP) is 2.80. The van der Waals surface area contributed by atoms with E-state index in [9.17, 15) is 23.6 Å². The highest BCUT2D eigenvalue weighted by atomic mass is 19.1. The number of halogens is 1. The SMILES string of the molecule is CCCOC(=O)c1ccc(NC(=O)CN2C(=O)NC(C)(c3ccc(F)cc3)C2=O)cc1. The van der Waals surface area contributed by atoms with Crippen LogP contribution in [0.1, 0.15) is 36.2 Å². The number of nitrogens with one attached hydrogen (secondary N) is 2. The van der Waals surface area contributed by atoms with E-state index in [4.69, 9.17) is 4.74 Å². The van der Waals surface area contributed by atoms with Gasteiger partial charge in [-0.05, 0) is 55.3 Å². The first kappa shape index (κ1) is 21.9. The normalized spacial score (nSPS) is 18.0. The van der Waals surface area contributed by atoms with E-state index in [-0.39, 0.29) is 0 Å². The number of ether oxygens (including phenoxy) is 1. The van der Waals surface area contributed by atoms with Gasteiger partial charge in [-0.25, -0.2) is 14.0 Å². The summed E-state index contributed by atoms with van der Waals surface area (Å²) in [6, 6.07) is 10.5. The second-order valence-electron chi connectivity index (χ2n) is 7.21. The Kier molecular flexibility index (Phi) is 6.33. The molecule has 162 valence electrons. The summed E-state index contributed by atoms with van der Waals surface area (Å²) in [4.78, 5) is 50.2. The zero-order valence-corrected chi connectivity index (χ0v) is 17.1. The first-order chi connectivity index (χ1) is 14.7. The van der Waals surface area contributed by atoms with Gasteiger partial charge in [0.15, 0.2) is 0 Å². The first-order valence-corrected chi connectivity index (χ1v) is 9.72. The number of hydrogen-bond donors (Lipinski definition) is 2. The summed E-state index contributed by atoms with van der Waals surface area (Å²) in [5.41, 5.74) is -0.257. The molecular formula is C22H22FN3O5. The molecule has 1 fully saturated rings. The lowest BCUT2D eigenvalue weighted by molar-refractivity contribution is -0.133. The Bertz CT molecular complexity index is 1010. The number of urea groups is 1. The van der Waals surface area contributed by atoms with E-state index in [2.05, 4.69) is 10.6 Å². The van der Waals surface area contributed by atoms with Crippen LogP contribution in [0.2, 0.25) is 0 Å². The number of nitrogens with zero attached hydrogens (tertiary/aromatic N) is 1. The maximum atomic E-state index is 13.2. The van der Waals surface area contributed by atoms with E-state index in [1.807, 2.05) is 6.92 Å². The summed E-state index contributed by atoms with van der Waals surface area (Å²) >= 11 is 0. The van der Waals surface area contributed by atoms with Gasteiger partial charge in [0.2, 0.25) is 5.91 Å². The van der Waals surface area contributed by atoms with Crippen molar-refractivity contribution in [1.82, 2.24) is 10.2 Å². The molecular weight excluding hydrogens is 405 g/mol. The van der Waals surface area contributed by atoms with Gasteiger partial charge in [-0.3, -0.25) is 14.5 Å². The fourth-order valence-corrected chi connectivity index (χ4v) is 3.13. The Morgan fingerprint density at radius 3 is 2.35 bits per heavy atom. The van der Waals surface area contributed by atoms with Crippen molar-refractivity contribution < 1.29 is 28.3 Å². The second kappa shape index (κ2) is 8.95. The van der Waals surface area contributed by atoms with E-state index in [0.29, 0.717) is 29.8 Å². The second-order valence-corrected chi connectivity index (χ2v) is 7.21. The molecule has 9 heteroatoms. The number of hydrogen-bond acceptors (Lipinski definition) is 5. The molecule has 0 saturated carbocycles. The quantitative estimate of drug-likeness (QED) is 0.522. The molecule has 1 aliphatic rings. The minimum atomic E-state index is -1.40. The van der Waals surface area contributed by atoms with Gasteiger partial charge in [0.1, 0.15) is 17.9 Å². The lowest BCUT2D eigenvalue weighted by Crippen LogP contribution is -2.42. The molecule has 0 bridgehead atoms. The maximum Gasteiger partial charge on any atom is 0.338 e. The van der Waals surface area contributed by atoms with E-state index >= 15 is 0 Å². The third-order valence-electron chi connectivity index (χ3n) is 4.84. The molecule has 3 rings (SSSR count). The van der Waals surface area contributed by atoms with Crippen LogP contribution >= 0.6 is 0 Å². The van der Waals surface area contributed by atoms with Gasteiger partial charge in [-0.1, -0.05) is 19.1 Å². The van der Waals surface area contributed by atoms with Crippen LogP contribution in [0.25, 0.3) is 0 Å². The van der Waals surface area contributed by atoms with Crippen molar-refractivity contribution in [2.24, 2.45) is 0 Å². The average Bonchev–Trinajstić information content (AvgIpc) is 2.96. The molecule has 4 amide bonds. The fraction of sp³-hybridized carbons (Fsp3) is 0.273. The Morgan fingerprint density at radius 1 is 1.10 bits per heavy atom. The van der Waals surface area contributed by atoms with E-state index < -0.39 is 41.7 Å². The zero-order chi connectivity index (χ0) is 22.6. The Hall–Kier alpha value is -3.75. The molecule has 0 aromatic heterocycles. The highest BCUT2D eigenvalue weighted by Gasteiger charge is 2.49. The zero-order valence-electron chi connectivity index (χ0n) is 17.1. The van der Waals surface area contributed by atoms with Crippen molar-refractivity contribution in [2.45, 2.75) is 25.8 Å². The van der Waals surface area contributed by atoms with Gasteiger partial charge in [0.05, 0.1) is 12.2 Å². The van der Waals surface area contributed by atoms with Crippen molar-refractivity contribution in [3.05, 3.63) is 65.5 Å². The van der Waals surface area contributed by atoms with E-state index in [1.165, 1.54) is 55.5 Å². The number of rotatable bonds is 7. The third kappa shape index (κ3) is 4.71. The van der Waals surface area contributed by atoms with Gasteiger partial charge >= 0.3 is 12.0 Å². The van der Waals surface area contributed by atoms with E-state index in [1.54, 1.807) is 0 Å². The number of imide groups is 1. The van der Waals surface area contributed by atoms with Crippen molar-refractivity contribution in [2.75, 3.05) is 18.5 Å². The van der Waals surface area contributed by atoms with Gasteiger partial charge in [-0.15, -0.1) is 0 Å². The summed E-state index contributed by atoms with van der Waals surface area (Å²) < 4.78 is 18.2. The van der Waals surface area contributed by atoms with Crippen LogP contribution in [0, 0.1) is 5.82 Å². The molecule has 0 spiro atoms. The molecule has 2 N–H and O–H groups in total. The van der Waals surface area contributed by atoms with Gasteiger partial charge in [0, 0.05) is 5.69 Å². The minimum Gasteiger partial charge on any atom is -0.462 e. The first-order valence-electron chi connectivity index (χ1n) is 9.72. The summed E-state index contributed by atoms with van der Waals surface area (Å²) in [7, 11) is 0. The highest BCUT2D eigenvalue weighted by molar-refractivity contribution is 6.10. The van der Waals surface area contributed by atoms with E-state index in [0.717, 1.165) is 4.90 Å². The van der Waals surface area contributed by atoms with Crippen LogP contribution < -0.4 is 10.6 Å². The van der Waals surface area contributed by atoms with Crippen molar-refractivity contribution in [3.63, 3.8) is 0 Å². The molecule has 1 aliphatic heterocycles. The van der Waals surface area contributed by atoms with Crippen molar-refractivity contribution in [3.8, 4) is 0 Å². The van der Waals surface area contributed by atoms with Crippen molar-refractivity contribution in [1.29, 1.82) is 0 Å². The van der Waals surface area contributed by atoms with Gasteiger partial charge in [-0.2, -0.15) is 0 Å². The fourth-order valence-electron chi connectivity index (χ4n) is 3.13. The molecule has 2 aromatic rings. The predicted molar refractivity (Wildman–Crippen MR) is 110 cm³/mol. The lowest BCUT2D eigenvalue weighted by atomic mass is 9.92. The number of esters is 1.